The van der Waals surface area contributed by atoms with E-state index in [1.54, 1.807) is 0 Å². The van der Waals surface area contributed by atoms with Crippen LogP contribution in [0.25, 0.3) is 0 Å². The van der Waals surface area contributed by atoms with Crippen molar-refractivity contribution in [2.24, 2.45) is 4.99 Å². The first-order valence-corrected chi connectivity index (χ1v) is 9.23. The summed E-state index contributed by atoms with van der Waals surface area (Å²) in [7, 11) is 0. The second kappa shape index (κ2) is 11.3. The lowest BCUT2D eigenvalue weighted by Crippen LogP contribution is -2.44. The molecule has 1 aromatic rings. The minimum absolute atomic E-state index is 0.790. The SMILES string of the molecule is CCNC(=NCCCc1ccccc1Cl)NCCN1CCOCC1. The number of aliphatic imine (C=N–C) groups is 1. The van der Waals surface area contributed by atoms with Crippen molar-refractivity contribution in [3.8, 4) is 0 Å². The van der Waals surface area contributed by atoms with Crippen molar-refractivity contribution < 1.29 is 4.74 Å². The predicted molar refractivity (Wildman–Crippen MR) is 101 cm³/mol. The maximum Gasteiger partial charge on any atom is 0.191 e. The van der Waals surface area contributed by atoms with Gasteiger partial charge in [0.05, 0.1) is 13.2 Å². The van der Waals surface area contributed by atoms with E-state index in [0.29, 0.717) is 0 Å². The van der Waals surface area contributed by atoms with Crippen LogP contribution in [-0.4, -0.2) is 63.3 Å². The molecule has 0 aliphatic carbocycles. The van der Waals surface area contributed by atoms with Crippen molar-refractivity contribution in [2.75, 3.05) is 52.5 Å². The molecule has 6 heteroatoms. The first-order chi connectivity index (χ1) is 11.8. The molecular formula is C18H29ClN4O. The molecule has 134 valence electrons. The van der Waals surface area contributed by atoms with Crippen LogP contribution >= 0.6 is 11.6 Å². The first kappa shape index (κ1) is 19.0. The number of ether oxygens (including phenoxy) is 1. The van der Waals surface area contributed by atoms with Crippen LogP contribution in [-0.2, 0) is 11.2 Å². The van der Waals surface area contributed by atoms with Gasteiger partial charge < -0.3 is 15.4 Å². The number of hydrogen-bond donors (Lipinski definition) is 2. The van der Waals surface area contributed by atoms with Crippen molar-refractivity contribution >= 4 is 17.6 Å². The maximum atomic E-state index is 6.18. The molecule has 1 fully saturated rings. The molecule has 0 spiro atoms. The molecule has 2 N–H and O–H groups in total. The van der Waals surface area contributed by atoms with E-state index in [-0.39, 0.29) is 0 Å². The standard InChI is InChI=1S/C18H29ClN4O/c1-2-20-18(22-10-11-23-12-14-24-15-13-23)21-9-5-7-16-6-3-4-8-17(16)19/h3-4,6,8H,2,5,7,9-15H2,1H3,(H2,20,21,22). The normalized spacial score (nSPS) is 16.2. The minimum atomic E-state index is 0.790. The van der Waals surface area contributed by atoms with Crippen molar-refractivity contribution in [1.82, 2.24) is 15.5 Å². The highest BCUT2D eigenvalue weighted by atomic mass is 35.5. The molecule has 0 aromatic heterocycles. The Morgan fingerprint density at radius 3 is 2.79 bits per heavy atom. The Bertz CT molecular complexity index is 504. The van der Waals surface area contributed by atoms with Crippen LogP contribution in [0.2, 0.25) is 5.02 Å². The molecule has 2 rings (SSSR count). The van der Waals surface area contributed by atoms with Gasteiger partial charge in [-0.25, -0.2) is 0 Å². The van der Waals surface area contributed by atoms with E-state index >= 15 is 0 Å². The lowest BCUT2D eigenvalue weighted by atomic mass is 10.1. The monoisotopic (exact) mass is 352 g/mol. The lowest BCUT2D eigenvalue weighted by Gasteiger charge is -2.26. The Hall–Kier alpha value is -1.30. The van der Waals surface area contributed by atoms with E-state index in [4.69, 9.17) is 16.3 Å². The maximum absolute atomic E-state index is 6.18. The smallest absolute Gasteiger partial charge is 0.191 e. The fraction of sp³-hybridized carbons (Fsp3) is 0.611. The summed E-state index contributed by atoms with van der Waals surface area (Å²) >= 11 is 6.18. The van der Waals surface area contributed by atoms with Gasteiger partial charge in [-0.1, -0.05) is 29.8 Å². The number of nitrogens with zero attached hydrogens (tertiary/aromatic N) is 2. The summed E-state index contributed by atoms with van der Waals surface area (Å²) in [6.45, 7) is 9.39. The Labute approximate surface area is 150 Å². The predicted octanol–water partition coefficient (Wildman–Crippen LogP) is 2.16. The van der Waals surface area contributed by atoms with E-state index in [1.165, 1.54) is 5.56 Å². The molecule has 0 saturated carbocycles. The molecule has 24 heavy (non-hydrogen) atoms. The molecule has 1 aliphatic rings. The molecule has 0 atom stereocenters. The Morgan fingerprint density at radius 1 is 1.25 bits per heavy atom. The summed E-state index contributed by atoms with van der Waals surface area (Å²) in [5, 5.41) is 7.55. The summed E-state index contributed by atoms with van der Waals surface area (Å²) in [5.74, 6) is 0.893. The average molecular weight is 353 g/mol. The third kappa shape index (κ3) is 7.07. The van der Waals surface area contributed by atoms with Crippen molar-refractivity contribution in [3.05, 3.63) is 34.9 Å². The molecular weight excluding hydrogens is 324 g/mol. The van der Waals surface area contributed by atoms with Gasteiger partial charge in [-0.15, -0.1) is 0 Å². The van der Waals surface area contributed by atoms with Gasteiger partial charge in [0.2, 0.25) is 0 Å². The molecule has 5 nitrogen and oxygen atoms in total. The van der Waals surface area contributed by atoms with Crippen LogP contribution in [0.4, 0.5) is 0 Å². The van der Waals surface area contributed by atoms with Crippen molar-refractivity contribution in [3.63, 3.8) is 0 Å². The fourth-order valence-electron chi connectivity index (χ4n) is 2.66. The summed E-state index contributed by atoms with van der Waals surface area (Å²) < 4.78 is 5.37. The van der Waals surface area contributed by atoms with Crippen LogP contribution in [0.3, 0.4) is 0 Å². The average Bonchev–Trinajstić information content (AvgIpc) is 2.61. The molecule has 0 unspecified atom stereocenters. The van der Waals surface area contributed by atoms with Gasteiger partial charge in [-0.05, 0) is 31.4 Å². The van der Waals surface area contributed by atoms with E-state index in [2.05, 4.69) is 33.5 Å². The van der Waals surface area contributed by atoms with Gasteiger partial charge in [0.1, 0.15) is 0 Å². The lowest BCUT2D eigenvalue weighted by molar-refractivity contribution is 0.0389. The number of guanidine groups is 1. The van der Waals surface area contributed by atoms with Crippen LogP contribution in [0.1, 0.15) is 18.9 Å². The van der Waals surface area contributed by atoms with E-state index in [9.17, 15) is 0 Å². The van der Waals surface area contributed by atoms with Gasteiger partial charge in [-0.2, -0.15) is 0 Å². The number of rotatable bonds is 8. The van der Waals surface area contributed by atoms with Crippen LogP contribution < -0.4 is 10.6 Å². The Balaban J connectivity index is 1.68. The van der Waals surface area contributed by atoms with E-state index in [0.717, 1.165) is 76.3 Å². The fourth-order valence-corrected chi connectivity index (χ4v) is 2.89. The second-order valence-electron chi connectivity index (χ2n) is 5.84. The summed E-state index contributed by atoms with van der Waals surface area (Å²) in [5.41, 5.74) is 1.19. The number of benzene rings is 1. The van der Waals surface area contributed by atoms with Crippen LogP contribution in [0, 0.1) is 0 Å². The third-order valence-corrected chi connectivity index (χ3v) is 4.37. The van der Waals surface area contributed by atoms with Gasteiger partial charge >= 0.3 is 0 Å². The highest BCUT2D eigenvalue weighted by Gasteiger charge is 2.09. The molecule has 1 aromatic carbocycles. The van der Waals surface area contributed by atoms with Crippen molar-refractivity contribution in [2.45, 2.75) is 19.8 Å². The third-order valence-electron chi connectivity index (χ3n) is 4.00. The quantitative estimate of drug-likeness (QED) is 0.427. The molecule has 1 aliphatic heterocycles. The van der Waals surface area contributed by atoms with Gasteiger partial charge in [0.25, 0.3) is 0 Å². The van der Waals surface area contributed by atoms with E-state index < -0.39 is 0 Å². The molecule has 1 saturated heterocycles. The molecule has 0 bridgehead atoms. The Morgan fingerprint density at radius 2 is 2.04 bits per heavy atom. The summed E-state index contributed by atoms with van der Waals surface area (Å²) in [4.78, 5) is 7.06. The van der Waals surface area contributed by atoms with Gasteiger partial charge in [0.15, 0.2) is 5.96 Å². The van der Waals surface area contributed by atoms with E-state index in [1.807, 2.05) is 18.2 Å². The zero-order valence-corrected chi connectivity index (χ0v) is 15.3. The summed E-state index contributed by atoms with van der Waals surface area (Å²) in [6, 6.07) is 8.02. The number of nitrogens with one attached hydrogen (secondary N) is 2. The van der Waals surface area contributed by atoms with Crippen LogP contribution in [0.15, 0.2) is 29.3 Å². The Kier molecular flexibility index (Phi) is 8.95. The number of aryl methyl sites for hydroxylation is 1. The largest absolute Gasteiger partial charge is 0.379 e. The molecule has 0 amide bonds. The summed E-state index contributed by atoms with van der Waals surface area (Å²) in [6.07, 6.45) is 1.94. The first-order valence-electron chi connectivity index (χ1n) is 8.85. The topological polar surface area (TPSA) is 48.9 Å². The van der Waals surface area contributed by atoms with Gasteiger partial charge in [-0.3, -0.25) is 9.89 Å². The van der Waals surface area contributed by atoms with Crippen LogP contribution in [0.5, 0.6) is 0 Å². The highest BCUT2D eigenvalue weighted by molar-refractivity contribution is 6.31. The molecule has 1 heterocycles. The van der Waals surface area contributed by atoms with Gasteiger partial charge in [0, 0.05) is 44.3 Å². The van der Waals surface area contributed by atoms with Crippen molar-refractivity contribution in [1.29, 1.82) is 0 Å². The number of halogens is 1. The minimum Gasteiger partial charge on any atom is -0.379 e. The molecule has 0 radical (unpaired) electrons. The second-order valence-corrected chi connectivity index (χ2v) is 6.24. The zero-order chi connectivity index (χ0) is 17.0. The zero-order valence-electron chi connectivity index (χ0n) is 14.6. The number of morpholine rings is 1. The number of hydrogen-bond acceptors (Lipinski definition) is 3. The highest BCUT2D eigenvalue weighted by Crippen LogP contribution is 2.16.